The molecule has 0 amide bonds. The highest BCUT2D eigenvalue weighted by atomic mass is 32.2. The second kappa shape index (κ2) is 7.45. The Hall–Kier alpha value is -2.71. The number of aromatic nitrogens is 2. The van der Waals surface area contributed by atoms with Crippen molar-refractivity contribution in [2.24, 2.45) is 10.8 Å². The monoisotopic (exact) mass is 369 g/mol. The van der Waals surface area contributed by atoms with Crippen LogP contribution in [-0.2, 0) is 0 Å². The van der Waals surface area contributed by atoms with E-state index in [0.717, 1.165) is 4.90 Å². The molecule has 0 aliphatic carbocycles. The SMILES string of the molecule is Cc1ccc(Sc2nc3ccccn3c(=O)c2/C=N/NC(N)=S)cc1. The average molecular weight is 369 g/mol. The van der Waals surface area contributed by atoms with E-state index in [2.05, 4.69) is 15.5 Å². The van der Waals surface area contributed by atoms with Gasteiger partial charge in [-0.15, -0.1) is 0 Å². The molecule has 0 aliphatic rings. The Morgan fingerprint density at radius 1 is 1.32 bits per heavy atom. The number of rotatable bonds is 4. The summed E-state index contributed by atoms with van der Waals surface area (Å²) in [6, 6.07) is 13.4. The van der Waals surface area contributed by atoms with Crippen molar-refractivity contribution in [3.8, 4) is 0 Å². The Labute approximate surface area is 153 Å². The Morgan fingerprint density at radius 3 is 2.80 bits per heavy atom. The van der Waals surface area contributed by atoms with Crippen LogP contribution in [0.2, 0.25) is 0 Å². The Morgan fingerprint density at radius 2 is 2.08 bits per heavy atom. The van der Waals surface area contributed by atoms with Gasteiger partial charge in [0, 0.05) is 11.1 Å². The molecule has 8 heteroatoms. The second-order valence-corrected chi connectivity index (χ2v) is 6.72. The Balaban J connectivity index is 2.10. The van der Waals surface area contributed by atoms with E-state index in [-0.39, 0.29) is 10.7 Å². The molecule has 2 aromatic heterocycles. The maximum Gasteiger partial charge on any atom is 0.267 e. The molecule has 0 saturated carbocycles. The summed E-state index contributed by atoms with van der Waals surface area (Å²) in [5.74, 6) is 0. The zero-order valence-corrected chi connectivity index (χ0v) is 15.0. The lowest BCUT2D eigenvalue weighted by molar-refractivity contribution is 0.969. The van der Waals surface area contributed by atoms with Crippen LogP contribution in [0.5, 0.6) is 0 Å². The molecule has 0 unspecified atom stereocenters. The number of hydrogen-bond acceptors (Lipinski definition) is 5. The summed E-state index contributed by atoms with van der Waals surface area (Å²) < 4.78 is 1.47. The molecule has 3 aromatic rings. The molecular weight excluding hydrogens is 354 g/mol. The van der Waals surface area contributed by atoms with E-state index in [1.165, 1.54) is 27.9 Å². The van der Waals surface area contributed by atoms with Gasteiger partial charge >= 0.3 is 0 Å². The van der Waals surface area contributed by atoms with Crippen molar-refractivity contribution in [2.45, 2.75) is 16.8 Å². The van der Waals surface area contributed by atoms with Gasteiger partial charge in [0.1, 0.15) is 10.7 Å². The quantitative estimate of drug-likeness (QED) is 0.318. The third-order valence-electron chi connectivity index (χ3n) is 3.34. The minimum absolute atomic E-state index is 0.0258. The number of hydrogen-bond donors (Lipinski definition) is 2. The lowest BCUT2D eigenvalue weighted by Crippen LogP contribution is -2.25. The molecular formula is C17H15N5OS2. The van der Waals surface area contributed by atoms with Crippen molar-refractivity contribution in [3.63, 3.8) is 0 Å². The molecule has 3 N–H and O–H groups in total. The highest BCUT2D eigenvalue weighted by Crippen LogP contribution is 2.27. The van der Waals surface area contributed by atoms with E-state index in [0.29, 0.717) is 16.2 Å². The number of thiocarbonyl (C=S) groups is 1. The summed E-state index contributed by atoms with van der Waals surface area (Å²) in [7, 11) is 0. The number of pyridine rings is 1. The summed E-state index contributed by atoms with van der Waals surface area (Å²) in [6.07, 6.45) is 3.06. The standard InChI is InChI=1S/C17H15N5OS2/c1-11-5-7-12(8-6-11)25-15-13(10-19-21-17(18)24)16(23)22-9-3-2-4-14(22)20-15/h2-10H,1H3,(H3,18,21,24)/b19-10+. The highest BCUT2D eigenvalue weighted by Gasteiger charge is 2.12. The molecule has 0 fully saturated rings. The minimum Gasteiger partial charge on any atom is -0.375 e. The number of aryl methyl sites for hydroxylation is 1. The van der Waals surface area contributed by atoms with Crippen LogP contribution in [0.4, 0.5) is 0 Å². The lowest BCUT2D eigenvalue weighted by Gasteiger charge is -2.08. The number of nitrogens with zero attached hydrogens (tertiary/aromatic N) is 3. The van der Waals surface area contributed by atoms with Gasteiger partial charge < -0.3 is 5.73 Å². The minimum atomic E-state index is -0.214. The van der Waals surface area contributed by atoms with Crippen LogP contribution in [0.1, 0.15) is 11.1 Å². The first-order valence-electron chi connectivity index (χ1n) is 7.39. The zero-order valence-electron chi connectivity index (χ0n) is 13.3. The van der Waals surface area contributed by atoms with Gasteiger partial charge in [-0.3, -0.25) is 14.6 Å². The summed E-state index contributed by atoms with van der Waals surface area (Å²) in [6.45, 7) is 2.02. The first-order chi connectivity index (χ1) is 12.0. The van der Waals surface area contributed by atoms with Gasteiger partial charge in [-0.25, -0.2) is 4.98 Å². The van der Waals surface area contributed by atoms with Gasteiger partial charge in [-0.2, -0.15) is 5.10 Å². The topological polar surface area (TPSA) is 84.8 Å². The third kappa shape index (κ3) is 4.04. The van der Waals surface area contributed by atoms with E-state index in [4.69, 9.17) is 18.0 Å². The number of fused-ring (bicyclic) bond motifs is 1. The van der Waals surface area contributed by atoms with E-state index < -0.39 is 0 Å². The molecule has 0 radical (unpaired) electrons. The van der Waals surface area contributed by atoms with Crippen molar-refractivity contribution < 1.29 is 0 Å². The van der Waals surface area contributed by atoms with E-state index in [9.17, 15) is 4.79 Å². The van der Waals surface area contributed by atoms with Crippen LogP contribution in [0.15, 0.2) is 68.5 Å². The smallest absolute Gasteiger partial charge is 0.267 e. The summed E-state index contributed by atoms with van der Waals surface area (Å²) in [5, 5.41) is 4.51. The fourth-order valence-corrected chi connectivity index (χ4v) is 3.09. The van der Waals surface area contributed by atoms with Crippen molar-refractivity contribution in [1.82, 2.24) is 14.8 Å². The lowest BCUT2D eigenvalue weighted by atomic mass is 10.2. The van der Waals surface area contributed by atoms with Crippen molar-refractivity contribution in [1.29, 1.82) is 0 Å². The molecule has 1 aromatic carbocycles. The molecule has 0 atom stereocenters. The fourth-order valence-electron chi connectivity index (χ4n) is 2.15. The molecule has 3 rings (SSSR count). The van der Waals surface area contributed by atoms with E-state index in [1.54, 1.807) is 18.3 Å². The van der Waals surface area contributed by atoms with E-state index >= 15 is 0 Å². The van der Waals surface area contributed by atoms with E-state index in [1.807, 2.05) is 37.3 Å². The molecule has 6 nitrogen and oxygen atoms in total. The average Bonchev–Trinajstić information content (AvgIpc) is 2.59. The van der Waals surface area contributed by atoms with Gasteiger partial charge in [-0.05, 0) is 43.4 Å². The largest absolute Gasteiger partial charge is 0.375 e. The molecule has 2 heterocycles. The first-order valence-corrected chi connectivity index (χ1v) is 8.61. The molecule has 0 aliphatic heterocycles. The number of hydrazone groups is 1. The third-order valence-corrected chi connectivity index (χ3v) is 4.44. The second-order valence-electron chi connectivity index (χ2n) is 5.21. The summed E-state index contributed by atoms with van der Waals surface area (Å²) in [5.41, 5.74) is 9.71. The summed E-state index contributed by atoms with van der Waals surface area (Å²) in [4.78, 5) is 18.4. The van der Waals surface area contributed by atoms with Gasteiger partial charge in [0.15, 0.2) is 5.11 Å². The summed E-state index contributed by atoms with van der Waals surface area (Å²) >= 11 is 6.12. The molecule has 25 heavy (non-hydrogen) atoms. The Bertz CT molecular complexity index is 1010. The maximum atomic E-state index is 12.8. The van der Waals surface area contributed by atoms with Crippen LogP contribution < -0.4 is 16.7 Å². The van der Waals surface area contributed by atoms with Crippen molar-refractivity contribution in [2.75, 3.05) is 0 Å². The predicted molar refractivity (Wildman–Crippen MR) is 104 cm³/mol. The van der Waals surface area contributed by atoms with Crippen LogP contribution in [0, 0.1) is 6.92 Å². The maximum absolute atomic E-state index is 12.8. The van der Waals surface area contributed by atoms with Crippen LogP contribution in [0.25, 0.3) is 5.65 Å². The molecule has 0 bridgehead atoms. The van der Waals surface area contributed by atoms with Gasteiger partial charge in [0.2, 0.25) is 0 Å². The highest BCUT2D eigenvalue weighted by molar-refractivity contribution is 7.99. The predicted octanol–water partition coefficient (Wildman–Crippen LogP) is 2.32. The van der Waals surface area contributed by atoms with Gasteiger partial charge in [0.05, 0.1) is 11.8 Å². The molecule has 0 spiro atoms. The van der Waals surface area contributed by atoms with Crippen LogP contribution >= 0.6 is 24.0 Å². The fraction of sp³-hybridized carbons (Fsp3) is 0.0588. The van der Waals surface area contributed by atoms with Crippen LogP contribution in [-0.4, -0.2) is 20.7 Å². The normalized spacial score (nSPS) is 11.1. The number of nitrogens with one attached hydrogen (secondary N) is 1. The first kappa shape index (κ1) is 17.1. The molecule has 0 saturated heterocycles. The molecule has 126 valence electrons. The van der Waals surface area contributed by atoms with Crippen LogP contribution in [0.3, 0.4) is 0 Å². The Kier molecular flexibility index (Phi) is 5.11. The van der Waals surface area contributed by atoms with Gasteiger partial charge in [-0.1, -0.05) is 35.5 Å². The van der Waals surface area contributed by atoms with Gasteiger partial charge in [0.25, 0.3) is 5.56 Å². The zero-order chi connectivity index (χ0) is 17.8. The van der Waals surface area contributed by atoms with Crippen molar-refractivity contribution >= 4 is 41.0 Å². The van der Waals surface area contributed by atoms with Crippen molar-refractivity contribution in [3.05, 3.63) is 70.1 Å². The number of benzene rings is 1. The number of nitrogens with two attached hydrogens (primary N) is 1.